The van der Waals surface area contributed by atoms with Gasteiger partial charge in [0.15, 0.2) is 5.76 Å². The Hall–Kier alpha value is -3.35. The van der Waals surface area contributed by atoms with E-state index in [0.29, 0.717) is 32.5 Å². The van der Waals surface area contributed by atoms with Crippen molar-refractivity contribution in [1.82, 2.24) is 0 Å². The zero-order valence-corrected chi connectivity index (χ0v) is 17.4. The van der Waals surface area contributed by atoms with Crippen LogP contribution < -0.4 is 5.32 Å². The summed E-state index contributed by atoms with van der Waals surface area (Å²) < 4.78 is 10.6. The second-order valence-electron chi connectivity index (χ2n) is 6.31. The largest absolute Gasteiger partial charge is 0.465 e. The molecule has 4 aromatic rings. The van der Waals surface area contributed by atoms with Gasteiger partial charge in [-0.2, -0.15) is 0 Å². The summed E-state index contributed by atoms with van der Waals surface area (Å²) in [4.78, 5) is 25.2. The number of hydrogen-bond donors (Lipinski definition) is 1. The van der Waals surface area contributed by atoms with Gasteiger partial charge in [-0.05, 0) is 29.8 Å². The number of nitrogens with one attached hydrogen (secondary N) is 1. The van der Waals surface area contributed by atoms with E-state index in [1.54, 1.807) is 18.2 Å². The van der Waals surface area contributed by atoms with E-state index in [-0.39, 0.29) is 5.76 Å². The molecular formula is C23H16ClNO4S. The maximum Gasteiger partial charge on any atom is 0.341 e. The van der Waals surface area contributed by atoms with Crippen molar-refractivity contribution in [2.75, 3.05) is 12.4 Å². The van der Waals surface area contributed by atoms with Crippen LogP contribution in [-0.2, 0) is 4.74 Å². The molecule has 0 aliphatic rings. The number of amides is 1. The van der Waals surface area contributed by atoms with Crippen molar-refractivity contribution in [2.45, 2.75) is 0 Å². The Bertz CT molecular complexity index is 1210. The molecule has 0 fully saturated rings. The maximum absolute atomic E-state index is 12.8. The fraction of sp³-hybridized carbons (Fsp3) is 0.0435. The van der Waals surface area contributed by atoms with Crippen LogP contribution in [0, 0.1) is 0 Å². The summed E-state index contributed by atoms with van der Waals surface area (Å²) in [6.45, 7) is 0. The summed E-state index contributed by atoms with van der Waals surface area (Å²) in [6, 6.07) is 19.9. The monoisotopic (exact) mass is 437 g/mol. The predicted octanol–water partition coefficient (Wildman–Crippen LogP) is 6.37. The van der Waals surface area contributed by atoms with Gasteiger partial charge in [0.1, 0.15) is 16.3 Å². The zero-order valence-electron chi connectivity index (χ0n) is 15.8. The SMILES string of the molecule is COC(=O)c1c(-c2ccccc2)csc1NC(=O)c1ccc(-c2ccccc2Cl)o1. The topological polar surface area (TPSA) is 68.5 Å². The van der Waals surface area contributed by atoms with Crippen LogP contribution in [0.2, 0.25) is 5.02 Å². The lowest BCUT2D eigenvalue weighted by molar-refractivity contribution is 0.0603. The molecule has 2 heterocycles. The molecule has 0 aliphatic heterocycles. The minimum Gasteiger partial charge on any atom is -0.465 e. The number of hydrogen-bond acceptors (Lipinski definition) is 5. The Morgan fingerprint density at radius 2 is 1.70 bits per heavy atom. The molecular weight excluding hydrogens is 422 g/mol. The molecule has 0 saturated carbocycles. The number of carbonyl (C=O) groups excluding carboxylic acids is 2. The highest BCUT2D eigenvalue weighted by atomic mass is 35.5. The summed E-state index contributed by atoms with van der Waals surface area (Å²) >= 11 is 7.45. The van der Waals surface area contributed by atoms with Gasteiger partial charge in [-0.1, -0.05) is 54.1 Å². The lowest BCUT2D eigenvalue weighted by Gasteiger charge is -2.07. The van der Waals surface area contributed by atoms with Gasteiger partial charge in [0, 0.05) is 16.5 Å². The van der Waals surface area contributed by atoms with E-state index in [4.69, 9.17) is 20.8 Å². The molecule has 0 unspecified atom stereocenters. The number of furan rings is 1. The molecule has 7 heteroatoms. The molecule has 0 bridgehead atoms. The minimum atomic E-state index is -0.526. The van der Waals surface area contributed by atoms with Gasteiger partial charge in [0.25, 0.3) is 5.91 Å². The van der Waals surface area contributed by atoms with E-state index < -0.39 is 11.9 Å². The van der Waals surface area contributed by atoms with Gasteiger partial charge in [-0.25, -0.2) is 4.79 Å². The number of methoxy groups -OCH3 is 1. The Labute approximate surface area is 181 Å². The highest BCUT2D eigenvalue weighted by Gasteiger charge is 2.23. The van der Waals surface area contributed by atoms with Gasteiger partial charge >= 0.3 is 5.97 Å². The van der Waals surface area contributed by atoms with Crippen LogP contribution in [0.4, 0.5) is 5.00 Å². The Morgan fingerprint density at radius 1 is 0.967 bits per heavy atom. The predicted molar refractivity (Wildman–Crippen MR) is 118 cm³/mol. The van der Waals surface area contributed by atoms with E-state index in [1.165, 1.54) is 18.4 Å². The summed E-state index contributed by atoms with van der Waals surface area (Å²) in [5.41, 5.74) is 2.54. The van der Waals surface area contributed by atoms with Crippen molar-refractivity contribution < 1.29 is 18.7 Å². The van der Waals surface area contributed by atoms with E-state index in [0.717, 1.165) is 5.56 Å². The molecule has 0 spiro atoms. The molecule has 150 valence electrons. The Morgan fingerprint density at radius 3 is 2.43 bits per heavy atom. The molecule has 2 aromatic heterocycles. The molecule has 5 nitrogen and oxygen atoms in total. The van der Waals surface area contributed by atoms with Gasteiger partial charge in [-0.15, -0.1) is 11.3 Å². The minimum absolute atomic E-state index is 0.107. The zero-order chi connectivity index (χ0) is 21.1. The average molecular weight is 438 g/mol. The first-order valence-electron chi connectivity index (χ1n) is 9.00. The third-order valence-electron chi connectivity index (χ3n) is 4.46. The number of thiophene rings is 1. The number of benzene rings is 2. The van der Waals surface area contributed by atoms with Crippen LogP contribution in [0.1, 0.15) is 20.9 Å². The molecule has 1 amide bonds. The van der Waals surface area contributed by atoms with Crippen molar-refractivity contribution in [2.24, 2.45) is 0 Å². The van der Waals surface area contributed by atoms with Crippen molar-refractivity contribution in [1.29, 1.82) is 0 Å². The first kappa shape index (κ1) is 19.9. The summed E-state index contributed by atoms with van der Waals surface area (Å²) in [6.07, 6.45) is 0. The van der Waals surface area contributed by atoms with Gasteiger partial charge in [-0.3, -0.25) is 4.79 Å². The first-order valence-corrected chi connectivity index (χ1v) is 10.3. The molecule has 0 radical (unpaired) electrons. The molecule has 0 aliphatic carbocycles. The highest BCUT2D eigenvalue weighted by Crippen LogP contribution is 2.36. The van der Waals surface area contributed by atoms with Crippen LogP contribution in [0.15, 0.2) is 76.5 Å². The number of halogens is 1. The second-order valence-corrected chi connectivity index (χ2v) is 7.60. The van der Waals surface area contributed by atoms with Crippen molar-refractivity contribution >= 4 is 39.8 Å². The maximum atomic E-state index is 12.8. The van der Waals surface area contributed by atoms with E-state index in [2.05, 4.69) is 5.32 Å². The highest BCUT2D eigenvalue weighted by molar-refractivity contribution is 7.15. The normalized spacial score (nSPS) is 10.6. The molecule has 1 N–H and O–H groups in total. The van der Waals surface area contributed by atoms with Gasteiger partial charge < -0.3 is 14.5 Å². The third kappa shape index (κ3) is 3.87. The van der Waals surface area contributed by atoms with Gasteiger partial charge in [0.2, 0.25) is 0 Å². The molecule has 2 aromatic carbocycles. The standard InChI is InChI=1S/C23H16ClNO4S/c1-28-23(27)20-16(14-7-3-2-4-8-14)13-30-22(20)25-21(26)19-12-11-18(29-19)15-9-5-6-10-17(15)24/h2-13H,1H3,(H,25,26). The number of carbonyl (C=O) groups is 2. The molecule has 0 atom stereocenters. The summed E-state index contributed by atoms with van der Waals surface area (Å²) in [7, 11) is 1.31. The second kappa shape index (κ2) is 8.57. The van der Waals surface area contributed by atoms with Crippen LogP contribution in [0.3, 0.4) is 0 Å². The number of ether oxygens (including phenoxy) is 1. The van der Waals surface area contributed by atoms with E-state index >= 15 is 0 Å². The lowest BCUT2D eigenvalue weighted by Crippen LogP contribution is -2.13. The van der Waals surface area contributed by atoms with Crippen LogP contribution in [0.5, 0.6) is 0 Å². The van der Waals surface area contributed by atoms with Crippen molar-refractivity contribution in [3.05, 3.63) is 88.5 Å². The Kier molecular flexibility index (Phi) is 5.70. The smallest absolute Gasteiger partial charge is 0.341 e. The van der Waals surface area contributed by atoms with Crippen molar-refractivity contribution in [3.8, 4) is 22.5 Å². The van der Waals surface area contributed by atoms with E-state index in [9.17, 15) is 9.59 Å². The fourth-order valence-electron chi connectivity index (χ4n) is 3.02. The lowest BCUT2D eigenvalue weighted by atomic mass is 10.0. The van der Waals surface area contributed by atoms with Crippen LogP contribution in [0.25, 0.3) is 22.5 Å². The number of rotatable bonds is 5. The van der Waals surface area contributed by atoms with Crippen LogP contribution in [-0.4, -0.2) is 19.0 Å². The molecule has 4 rings (SSSR count). The van der Waals surface area contributed by atoms with E-state index in [1.807, 2.05) is 53.9 Å². The number of esters is 1. The van der Waals surface area contributed by atoms with Crippen molar-refractivity contribution in [3.63, 3.8) is 0 Å². The molecule has 0 saturated heterocycles. The first-order chi connectivity index (χ1) is 14.6. The average Bonchev–Trinajstić information content (AvgIpc) is 3.42. The number of anilines is 1. The summed E-state index contributed by atoms with van der Waals surface area (Å²) in [5.74, 6) is -0.410. The quantitative estimate of drug-likeness (QED) is 0.368. The van der Waals surface area contributed by atoms with Gasteiger partial charge in [0.05, 0.1) is 12.1 Å². The Balaban J connectivity index is 1.64. The summed E-state index contributed by atoms with van der Waals surface area (Å²) in [5, 5.41) is 5.49. The fourth-order valence-corrected chi connectivity index (χ4v) is 4.20. The molecule has 30 heavy (non-hydrogen) atoms. The van der Waals surface area contributed by atoms with Crippen LogP contribution >= 0.6 is 22.9 Å². The third-order valence-corrected chi connectivity index (χ3v) is 5.69.